The summed E-state index contributed by atoms with van der Waals surface area (Å²) in [4.78, 5) is 0. The molecule has 9 heteroatoms. The quantitative estimate of drug-likeness (QED) is 0.597. The molecule has 0 saturated heterocycles. The minimum Gasteiger partial charge on any atom is -0.317 e. The third-order valence-corrected chi connectivity index (χ3v) is 3.93. The number of sulfonamides is 1. The van der Waals surface area contributed by atoms with Gasteiger partial charge in [0.1, 0.15) is 5.82 Å². The largest absolute Gasteiger partial charge is 0.416 e. The number of benzene rings is 1. The van der Waals surface area contributed by atoms with Gasteiger partial charge >= 0.3 is 6.18 Å². The molecule has 21 heavy (non-hydrogen) atoms. The van der Waals surface area contributed by atoms with E-state index in [-0.39, 0.29) is 12.2 Å². The van der Waals surface area contributed by atoms with Gasteiger partial charge in [-0.3, -0.25) is 4.72 Å². The zero-order chi connectivity index (χ0) is 16.1. The molecule has 1 aromatic carbocycles. The van der Waals surface area contributed by atoms with Crippen molar-refractivity contribution in [3.63, 3.8) is 0 Å². The number of hydrogen-bond donors (Lipinski definition) is 2. The number of halogens is 4. The van der Waals surface area contributed by atoms with Crippen LogP contribution in [0, 0.1) is 5.82 Å². The number of rotatable bonds is 7. The van der Waals surface area contributed by atoms with Gasteiger partial charge in [-0.05, 0) is 37.7 Å². The molecule has 0 radical (unpaired) electrons. The first-order valence-corrected chi connectivity index (χ1v) is 7.89. The van der Waals surface area contributed by atoms with Gasteiger partial charge < -0.3 is 5.32 Å². The van der Waals surface area contributed by atoms with Gasteiger partial charge in [0.15, 0.2) is 0 Å². The molecule has 0 unspecified atom stereocenters. The first-order valence-electron chi connectivity index (χ1n) is 6.23. The first kappa shape index (κ1) is 17.7. The molecule has 0 spiro atoms. The summed E-state index contributed by atoms with van der Waals surface area (Å²) >= 11 is 0. The minimum absolute atomic E-state index is 0.268. The van der Waals surface area contributed by atoms with E-state index in [0.717, 1.165) is 0 Å². The summed E-state index contributed by atoms with van der Waals surface area (Å²) in [6, 6.07) is 1.58. The maximum Gasteiger partial charge on any atom is 0.416 e. The summed E-state index contributed by atoms with van der Waals surface area (Å²) in [6.07, 6.45) is -4.40. The molecule has 0 heterocycles. The van der Waals surface area contributed by atoms with Crippen LogP contribution in [0.5, 0.6) is 0 Å². The molecule has 1 rings (SSSR count). The summed E-state index contributed by atoms with van der Waals surface area (Å²) in [6.45, 7) is 2.98. The van der Waals surface area contributed by atoms with Crippen LogP contribution in [0.15, 0.2) is 18.2 Å². The standard InChI is InChI=1S/C12H16F4N2O2S/c1-2-17-6-3-7-21(19,20)18-11-8-9(12(14,15)16)4-5-10(11)13/h4-5,8,17-18H,2-3,6-7H2,1H3. The number of hydrogen-bond acceptors (Lipinski definition) is 3. The van der Waals surface area contributed by atoms with E-state index in [2.05, 4.69) is 5.32 Å². The Kier molecular flexibility index (Phi) is 5.97. The molecular formula is C12H16F4N2O2S. The maximum atomic E-state index is 13.4. The predicted octanol–water partition coefficient (Wildman–Crippen LogP) is 2.59. The van der Waals surface area contributed by atoms with Crippen molar-refractivity contribution in [3.05, 3.63) is 29.6 Å². The Morgan fingerprint density at radius 3 is 2.48 bits per heavy atom. The van der Waals surface area contributed by atoms with E-state index in [4.69, 9.17) is 0 Å². The van der Waals surface area contributed by atoms with Crippen molar-refractivity contribution >= 4 is 15.7 Å². The van der Waals surface area contributed by atoms with Crippen LogP contribution in [0.3, 0.4) is 0 Å². The van der Waals surface area contributed by atoms with Gasteiger partial charge in [-0.15, -0.1) is 0 Å². The van der Waals surface area contributed by atoms with Crippen LogP contribution in [0.2, 0.25) is 0 Å². The van der Waals surface area contributed by atoms with Crippen molar-refractivity contribution < 1.29 is 26.0 Å². The van der Waals surface area contributed by atoms with Gasteiger partial charge in [0.05, 0.1) is 17.0 Å². The highest BCUT2D eigenvalue weighted by molar-refractivity contribution is 7.92. The second kappa shape index (κ2) is 7.08. The van der Waals surface area contributed by atoms with Gasteiger partial charge in [0.2, 0.25) is 10.0 Å². The molecule has 1 aromatic rings. The van der Waals surface area contributed by atoms with Gasteiger partial charge in [0, 0.05) is 0 Å². The van der Waals surface area contributed by atoms with Gasteiger partial charge in [-0.25, -0.2) is 12.8 Å². The van der Waals surface area contributed by atoms with Crippen LogP contribution in [0.25, 0.3) is 0 Å². The Morgan fingerprint density at radius 1 is 1.24 bits per heavy atom. The lowest BCUT2D eigenvalue weighted by Crippen LogP contribution is -2.22. The average Bonchev–Trinajstić information content (AvgIpc) is 2.36. The normalized spacial score (nSPS) is 12.4. The van der Waals surface area contributed by atoms with E-state index in [1.807, 2.05) is 11.6 Å². The second-order valence-corrected chi connectivity index (χ2v) is 6.16. The van der Waals surface area contributed by atoms with Crippen LogP contribution in [0.1, 0.15) is 18.9 Å². The van der Waals surface area contributed by atoms with Crippen LogP contribution in [-0.4, -0.2) is 27.3 Å². The highest BCUT2D eigenvalue weighted by Gasteiger charge is 2.31. The predicted molar refractivity (Wildman–Crippen MR) is 72.0 cm³/mol. The molecule has 0 aliphatic rings. The van der Waals surface area contributed by atoms with E-state index in [0.29, 0.717) is 31.3 Å². The molecule has 4 nitrogen and oxygen atoms in total. The van der Waals surface area contributed by atoms with Crippen molar-refractivity contribution in [1.29, 1.82) is 0 Å². The summed E-state index contributed by atoms with van der Waals surface area (Å²) in [5, 5.41) is 2.91. The summed E-state index contributed by atoms with van der Waals surface area (Å²) in [5.41, 5.74) is -1.82. The fraction of sp³-hybridized carbons (Fsp3) is 0.500. The van der Waals surface area contributed by atoms with Crippen LogP contribution >= 0.6 is 0 Å². The van der Waals surface area contributed by atoms with E-state index < -0.39 is 33.3 Å². The molecule has 0 aromatic heterocycles. The second-order valence-electron chi connectivity index (χ2n) is 4.32. The number of nitrogens with one attached hydrogen (secondary N) is 2. The molecule has 120 valence electrons. The van der Waals surface area contributed by atoms with Gasteiger partial charge in [0.25, 0.3) is 0 Å². The third kappa shape index (κ3) is 5.88. The molecule has 0 bridgehead atoms. The zero-order valence-corrected chi connectivity index (χ0v) is 12.1. The Morgan fingerprint density at radius 2 is 1.90 bits per heavy atom. The Balaban J connectivity index is 2.82. The number of anilines is 1. The van der Waals surface area contributed by atoms with E-state index >= 15 is 0 Å². The van der Waals surface area contributed by atoms with E-state index in [9.17, 15) is 26.0 Å². The van der Waals surface area contributed by atoms with Crippen molar-refractivity contribution in [3.8, 4) is 0 Å². The Bertz CT molecular complexity index is 573. The SMILES string of the molecule is CCNCCCS(=O)(=O)Nc1cc(C(F)(F)F)ccc1F. The monoisotopic (exact) mass is 328 g/mol. The van der Waals surface area contributed by atoms with Crippen LogP contribution in [0.4, 0.5) is 23.2 Å². The summed E-state index contributed by atoms with van der Waals surface area (Å²) in [5.74, 6) is -1.37. The first-order chi connectivity index (χ1) is 9.65. The lowest BCUT2D eigenvalue weighted by atomic mass is 10.2. The molecule has 0 aliphatic heterocycles. The van der Waals surface area contributed by atoms with Crippen LogP contribution < -0.4 is 10.0 Å². The van der Waals surface area contributed by atoms with Crippen molar-refractivity contribution in [2.24, 2.45) is 0 Å². The molecule has 0 amide bonds. The average molecular weight is 328 g/mol. The van der Waals surface area contributed by atoms with Crippen molar-refractivity contribution in [2.45, 2.75) is 19.5 Å². The molecular weight excluding hydrogens is 312 g/mol. The molecule has 0 aliphatic carbocycles. The maximum absolute atomic E-state index is 13.4. The summed E-state index contributed by atoms with van der Waals surface area (Å²) < 4.78 is 76.2. The van der Waals surface area contributed by atoms with Gasteiger partial charge in [-0.1, -0.05) is 6.92 Å². The Hall–Kier alpha value is -1.35. The molecule has 0 fully saturated rings. The molecule has 2 N–H and O–H groups in total. The smallest absolute Gasteiger partial charge is 0.317 e. The highest BCUT2D eigenvalue weighted by Crippen LogP contribution is 2.32. The van der Waals surface area contributed by atoms with Crippen LogP contribution in [-0.2, 0) is 16.2 Å². The fourth-order valence-corrected chi connectivity index (χ4v) is 2.68. The third-order valence-electron chi connectivity index (χ3n) is 2.58. The lowest BCUT2D eigenvalue weighted by molar-refractivity contribution is -0.137. The Labute approximate surface area is 120 Å². The zero-order valence-electron chi connectivity index (χ0n) is 11.3. The van der Waals surface area contributed by atoms with E-state index in [1.54, 1.807) is 0 Å². The van der Waals surface area contributed by atoms with E-state index in [1.165, 1.54) is 0 Å². The minimum atomic E-state index is -4.67. The molecule has 0 atom stereocenters. The fourth-order valence-electron chi connectivity index (χ4n) is 1.56. The van der Waals surface area contributed by atoms with Crippen molar-refractivity contribution in [1.82, 2.24) is 5.32 Å². The number of alkyl halides is 3. The molecule has 0 saturated carbocycles. The summed E-state index contributed by atoms with van der Waals surface area (Å²) in [7, 11) is -3.90. The highest BCUT2D eigenvalue weighted by atomic mass is 32.2. The van der Waals surface area contributed by atoms with Gasteiger partial charge in [-0.2, -0.15) is 13.2 Å². The topological polar surface area (TPSA) is 58.2 Å². The van der Waals surface area contributed by atoms with Crippen molar-refractivity contribution in [2.75, 3.05) is 23.6 Å². The lowest BCUT2D eigenvalue weighted by Gasteiger charge is -2.12.